The summed E-state index contributed by atoms with van der Waals surface area (Å²) in [6, 6.07) is 9.33. The maximum Gasteiger partial charge on any atom is 0.321 e. The molecule has 1 aliphatic rings. The number of piperidine rings is 1. The Morgan fingerprint density at radius 3 is 2.58 bits per heavy atom. The maximum atomic E-state index is 12.5. The summed E-state index contributed by atoms with van der Waals surface area (Å²) in [4.78, 5) is 26.6. The number of hydrogen-bond acceptors (Lipinski definition) is 4. The van der Waals surface area contributed by atoms with Crippen LogP contribution in [-0.4, -0.2) is 41.1 Å². The number of amides is 3. The van der Waals surface area contributed by atoms with E-state index in [9.17, 15) is 9.59 Å². The van der Waals surface area contributed by atoms with Crippen LogP contribution in [0, 0.1) is 6.92 Å². The molecule has 0 saturated carbocycles. The number of carbonyl (C=O) groups excluding carboxylic acids is 2. The number of rotatable bonds is 4. The van der Waals surface area contributed by atoms with Gasteiger partial charge in [-0.05, 0) is 38.3 Å². The Morgan fingerprint density at radius 2 is 1.92 bits per heavy atom. The molecule has 1 aliphatic heterocycles. The second-order valence-corrected chi connectivity index (χ2v) is 6.44. The lowest BCUT2D eigenvalue weighted by Gasteiger charge is -2.32. The number of hydrogen-bond donors (Lipinski definition) is 2. The molecule has 0 radical (unpaired) electrons. The maximum absolute atomic E-state index is 12.5. The van der Waals surface area contributed by atoms with E-state index in [4.69, 9.17) is 4.52 Å². The van der Waals surface area contributed by atoms with Crippen LogP contribution < -0.4 is 10.6 Å². The summed E-state index contributed by atoms with van der Waals surface area (Å²) in [6.07, 6.45) is 2.09. The number of likely N-dealkylation sites (tertiary alicyclic amines) is 1. The number of anilines is 1. The molecule has 0 spiro atoms. The normalized spacial score (nSPS) is 14.9. The van der Waals surface area contributed by atoms with Gasteiger partial charge < -0.3 is 20.1 Å². The highest BCUT2D eigenvalue weighted by Gasteiger charge is 2.26. The number of carbonyl (C=O) groups is 2. The molecule has 0 atom stereocenters. The number of aromatic nitrogens is 1. The van der Waals surface area contributed by atoms with E-state index in [0.717, 1.165) is 18.5 Å². The Hall–Kier alpha value is -2.83. The Kier molecular flexibility index (Phi) is 5.55. The highest BCUT2D eigenvalue weighted by atomic mass is 16.5. The van der Waals surface area contributed by atoms with Gasteiger partial charge in [-0.3, -0.25) is 4.79 Å². The van der Waals surface area contributed by atoms with Crippen molar-refractivity contribution in [1.29, 1.82) is 0 Å². The van der Waals surface area contributed by atoms with Gasteiger partial charge in [0.25, 0.3) is 5.91 Å². The monoisotopic (exact) mass is 356 g/mol. The minimum absolute atomic E-state index is 0.0438. The molecule has 1 aromatic heterocycles. The van der Waals surface area contributed by atoms with Crippen LogP contribution in [0.3, 0.4) is 0 Å². The van der Waals surface area contributed by atoms with Crippen molar-refractivity contribution in [3.05, 3.63) is 47.3 Å². The number of aryl methyl sites for hydroxylation is 2. The second kappa shape index (κ2) is 8.03. The van der Waals surface area contributed by atoms with E-state index in [1.54, 1.807) is 11.8 Å². The highest BCUT2D eigenvalue weighted by molar-refractivity contribution is 5.96. The molecule has 0 aliphatic carbocycles. The van der Waals surface area contributed by atoms with Gasteiger partial charge in [0.1, 0.15) is 11.3 Å². The first-order chi connectivity index (χ1) is 12.6. The molecule has 0 bridgehead atoms. The summed E-state index contributed by atoms with van der Waals surface area (Å²) < 4.78 is 5.13. The Balaban J connectivity index is 1.51. The molecule has 0 unspecified atom stereocenters. The molecule has 3 rings (SSSR count). The van der Waals surface area contributed by atoms with Gasteiger partial charge in [0.2, 0.25) is 0 Å². The van der Waals surface area contributed by atoms with Crippen molar-refractivity contribution < 1.29 is 14.1 Å². The number of nitrogens with zero attached hydrogens (tertiary/aromatic N) is 2. The lowest BCUT2D eigenvalue weighted by Crippen LogP contribution is -2.47. The van der Waals surface area contributed by atoms with Crippen LogP contribution in [0.2, 0.25) is 0 Å². The first-order valence-corrected chi connectivity index (χ1v) is 8.95. The zero-order valence-electron chi connectivity index (χ0n) is 15.1. The third-order valence-corrected chi connectivity index (χ3v) is 4.64. The van der Waals surface area contributed by atoms with Gasteiger partial charge in [-0.2, -0.15) is 0 Å². The molecule has 138 valence electrons. The van der Waals surface area contributed by atoms with Crippen molar-refractivity contribution in [3.63, 3.8) is 0 Å². The molecule has 7 heteroatoms. The molecule has 1 saturated heterocycles. The summed E-state index contributed by atoms with van der Waals surface area (Å²) in [5.41, 5.74) is 2.00. The molecule has 26 heavy (non-hydrogen) atoms. The molecular formula is C19H24N4O3. The number of urea groups is 1. The van der Waals surface area contributed by atoms with Crippen LogP contribution in [0.4, 0.5) is 10.5 Å². The van der Waals surface area contributed by atoms with Gasteiger partial charge >= 0.3 is 6.03 Å². The van der Waals surface area contributed by atoms with E-state index in [-0.39, 0.29) is 18.0 Å². The van der Waals surface area contributed by atoms with Crippen molar-refractivity contribution >= 4 is 17.6 Å². The molecule has 1 fully saturated rings. The smallest absolute Gasteiger partial charge is 0.321 e. The Labute approximate surface area is 152 Å². The second-order valence-electron chi connectivity index (χ2n) is 6.44. The van der Waals surface area contributed by atoms with Crippen molar-refractivity contribution in [3.8, 4) is 0 Å². The largest absolute Gasteiger partial charge is 0.361 e. The number of para-hydroxylation sites is 1. The van der Waals surface area contributed by atoms with Crippen molar-refractivity contribution in [2.45, 2.75) is 39.2 Å². The predicted molar refractivity (Wildman–Crippen MR) is 98.1 cm³/mol. The third kappa shape index (κ3) is 4.04. The fourth-order valence-electron chi connectivity index (χ4n) is 3.16. The average molecular weight is 356 g/mol. The molecule has 3 amide bonds. The quantitative estimate of drug-likeness (QED) is 0.882. The van der Waals surface area contributed by atoms with Crippen molar-refractivity contribution in [1.82, 2.24) is 15.4 Å². The van der Waals surface area contributed by atoms with Crippen molar-refractivity contribution in [2.75, 3.05) is 18.4 Å². The van der Waals surface area contributed by atoms with E-state index in [2.05, 4.69) is 15.8 Å². The highest BCUT2D eigenvalue weighted by Crippen LogP contribution is 2.17. The third-order valence-electron chi connectivity index (χ3n) is 4.64. The van der Waals surface area contributed by atoms with Gasteiger partial charge in [-0.25, -0.2) is 4.79 Å². The number of benzene rings is 1. The van der Waals surface area contributed by atoms with Crippen LogP contribution in [0.5, 0.6) is 0 Å². The van der Waals surface area contributed by atoms with Gasteiger partial charge in [0, 0.05) is 24.8 Å². The minimum atomic E-state index is -0.146. The first kappa shape index (κ1) is 18.0. The fraction of sp³-hybridized carbons (Fsp3) is 0.421. The van der Waals surface area contributed by atoms with Gasteiger partial charge in [-0.15, -0.1) is 0 Å². The van der Waals surface area contributed by atoms with E-state index in [0.29, 0.717) is 36.5 Å². The zero-order chi connectivity index (χ0) is 18.5. The van der Waals surface area contributed by atoms with Crippen LogP contribution in [0.1, 0.15) is 41.6 Å². The van der Waals surface area contributed by atoms with Crippen LogP contribution in [0.15, 0.2) is 34.9 Å². The first-order valence-electron chi connectivity index (χ1n) is 8.95. The van der Waals surface area contributed by atoms with Crippen LogP contribution in [-0.2, 0) is 6.42 Å². The SMILES string of the molecule is CCc1noc(C)c1C(=O)NC1CCN(C(=O)Nc2ccccc2)CC1. The predicted octanol–water partition coefficient (Wildman–Crippen LogP) is 2.97. The van der Waals surface area contributed by atoms with Crippen LogP contribution in [0.25, 0.3) is 0 Å². The number of nitrogens with one attached hydrogen (secondary N) is 2. The molecule has 2 aromatic rings. The summed E-state index contributed by atoms with van der Waals surface area (Å²) in [5.74, 6) is 0.395. The Bertz CT molecular complexity index is 764. The topological polar surface area (TPSA) is 87.5 Å². The summed E-state index contributed by atoms with van der Waals surface area (Å²) in [6.45, 7) is 4.90. The van der Waals surface area contributed by atoms with Gasteiger partial charge in [-0.1, -0.05) is 30.3 Å². The van der Waals surface area contributed by atoms with E-state index < -0.39 is 0 Å². The van der Waals surface area contributed by atoms with Gasteiger partial charge in [0.05, 0.1) is 5.69 Å². The van der Waals surface area contributed by atoms with E-state index in [1.807, 2.05) is 37.3 Å². The molecule has 2 N–H and O–H groups in total. The van der Waals surface area contributed by atoms with Gasteiger partial charge in [0.15, 0.2) is 0 Å². The standard InChI is InChI=1S/C19H24N4O3/c1-3-16-17(13(2)26-22-16)18(24)20-15-9-11-23(12-10-15)19(25)21-14-7-5-4-6-8-14/h4-8,15H,3,9-12H2,1-2H3,(H,20,24)(H,21,25). The van der Waals surface area contributed by atoms with E-state index in [1.165, 1.54) is 0 Å². The summed E-state index contributed by atoms with van der Waals surface area (Å²) in [7, 11) is 0. The fourth-order valence-corrected chi connectivity index (χ4v) is 3.16. The summed E-state index contributed by atoms with van der Waals surface area (Å²) >= 11 is 0. The lowest BCUT2D eigenvalue weighted by molar-refractivity contribution is 0.0917. The molecule has 2 heterocycles. The molecule has 1 aromatic carbocycles. The summed E-state index contributed by atoms with van der Waals surface area (Å²) in [5, 5.41) is 9.87. The van der Waals surface area contributed by atoms with E-state index >= 15 is 0 Å². The Morgan fingerprint density at radius 1 is 1.23 bits per heavy atom. The lowest BCUT2D eigenvalue weighted by atomic mass is 10.0. The van der Waals surface area contributed by atoms with Crippen LogP contribution >= 0.6 is 0 Å². The minimum Gasteiger partial charge on any atom is -0.361 e. The van der Waals surface area contributed by atoms with Crippen molar-refractivity contribution in [2.24, 2.45) is 0 Å². The molecule has 7 nitrogen and oxygen atoms in total. The molecular weight excluding hydrogens is 332 g/mol. The average Bonchev–Trinajstić information content (AvgIpc) is 3.04. The zero-order valence-corrected chi connectivity index (χ0v) is 15.1.